The number of nitrogens with two attached hydrogens (primary N) is 1. The van der Waals surface area contributed by atoms with Gasteiger partial charge in [0.05, 0.1) is 6.54 Å². The van der Waals surface area contributed by atoms with E-state index >= 15 is 0 Å². The predicted octanol–water partition coefficient (Wildman–Crippen LogP) is 7.07. The zero-order chi connectivity index (χ0) is 23.8. The second kappa shape index (κ2) is 23.6. The number of unbranched alkanes of at least 4 members (excludes halogenated alkanes) is 19. The van der Waals surface area contributed by atoms with Crippen molar-refractivity contribution in [3.8, 4) is 0 Å². The molecule has 0 spiro atoms. The van der Waals surface area contributed by atoms with Crippen LogP contribution in [0.4, 0.5) is 0 Å². The molecule has 192 valence electrons. The summed E-state index contributed by atoms with van der Waals surface area (Å²) in [5, 5.41) is 14.1. The standard InChI is InChI=1S/C29H59NO2/c1-4-7-9-11-13-15-17-19-21-23-25-27-29(28(31)32,30-6-3)26-24-22-20-18-16-14-12-10-8-5-2/h30H,4-27H2,1-3H3,(H,31,32). The maximum atomic E-state index is 12.1. The zero-order valence-corrected chi connectivity index (χ0v) is 22.4. The van der Waals surface area contributed by atoms with Gasteiger partial charge in [0.2, 0.25) is 0 Å². The lowest BCUT2D eigenvalue weighted by atomic mass is 9.86. The van der Waals surface area contributed by atoms with Crippen LogP contribution in [0.1, 0.15) is 168 Å². The number of carbonyl (C=O) groups excluding carboxylic acids is 1. The number of aliphatic carboxylic acids is 1. The average molecular weight is 454 g/mol. The summed E-state index contributed by atoms with van der Waals surface area (Å²) >= 11 is 0. The Bertz CT molecular complexity index is 399. The van der Waals surface area contributed by atoms with Crippen LogP contribution in [0.2, 0.25) is 0 Å². The molecular formula is C29H59NO2. The van der Waals surface area contributed by atoms with Crippen molar-refractivity contribution in [3.05, 3.63) is 0 Å². The van der Waals surface area contributed by atoms with Crippen LogP contribution in [-0.4, -0.2) is 18.1 Å². The Morgan fingerprint density at radius 2 is 0.812 bits per heavy atom. The number of carboxylic acids is 1. The minimum absolute atomic E-state index is 0.686. The SMILES string of the molecule is CCCCCCCCCCCCCC(CCCCCCCCCCCC)([NH2+]CC)C(=O)[O-]. The molecule has 0 rings (SSSR count). The highest BCUT2D eigenvalue weighted by atomic mass is 16.4. The monoisotopic (exact) mass is 453 g/mol. The van der Waals surface area contributed by atoms with Gasteiger partial charge in [-0.1, -0.05) is 136 Å². The largest absolute Gasteiger partial charge is 0.544 e. The predicted molar refractivity (Wildman–Crippen MR) is 138 cm³/mol. The van der Waals surface area contributed by atoms with E-state index < -0.39 is 11.5 Å². The van der Waals surface area contributed by atoms with Crippen molar-refractivity contribution in [3.63, 3.8) is 0 Å². The molecule has 3 heteroatoms. The Kier molecular flexibility index (Phi) is 23.2. The third kappa shape index (κ3) is 17.9. The van der Waals surface area contributed by atoms with E-state index in [1.165, 1.54) is 122 Å². The summed E-state index contributed by atoms with van der Waals surface area (Å²) in [6.45, 7) is 7.42. The maximum absolute atomic E-state index is 12.1. The Balaban J connectivity index is 3.94. The van der Waals surface area contributed by atoms with Gasteiger partial charge in [0.25, 0.3) is 0 Å². The average Bonchev–Trinajstić information content (AvgIpc) is 2.78. The molecule has 0 amide bonds. The molecule has 1 atom stereocenters. The van der Waals surface area contributed by atoms with Crippen molar-refractivity contribution < 1.29 is 15.2 Å². The van der Waals surface area contributed by atoms with Gasteiger partial charge in [0.15, 0.2) is 0 Å². The quantitative estimate of drug-likeness (QED) is 0.142. The highest BCUT2D eigenvalue weighted by Gasteiger charge is 2.33. The van der Waals surface area contributed by atoms with E-state index in [0.717, 1.165) is 32.2 Å². The molecule has 0 aliphatic rings. The lowest BCUT2D eigenvalue weighted by Gasteiger charge is -2.32. The Labute approximate surface area is 201 Å². The van der Waals surface area contributed by atoms with Gasteiger partial charge in [0.1, 0.15) is 11.5 Å². The molecule has 32 heavy (non-hydrogen) atoms. The first-order valence-electron chi connectivity index (χ1n) is 14.7. The van der Waals surface area contributed by atoms with Gasteiger partial charge in [-0.05, 0) is 19.8 Å². The first-order chi connectivity index (χ1) is 15.6. The minimum atomic E-state index is -0.831. The highest BCUT2D eigenvalue weighted by molar-refractivity contribution is 5.74. The smallest absolute Gasteiger partial charge is 0.136 e. The first-order valence-corrected chi connectivity index (χ1v) is 14.7. The number of hydrogen-bond donors (Lipinski definition) is 1. The van der Waals surface area contributed by atoms with Gasteiger partial charge in [-0.3, -0.25) is 0 Å². The lowest BCUT2D eigenvalue weighted by molar-refractivity contribution is -0.719. The maximum Gasteiger partial charge on any atom is 0.136 e. The molecule has 3 nitrogen and oxygen atoms in total. The normalized spacial score (nSPS) is 13.3. The van der Waals surface area contributed by atoms with E-state index in [-0.39, 0.29) is 0 Å². The van der Waals surface area contributed by atoms with Crippen LogP contribution in [0, 0.1) is 0 Å². The molecule has 1 unspecified atom stereocenters. The second-order valence-electron chi connectivity index (χ2n) is 10.3. The summed E-state index contributed by atoms with van der Waals surface area (Å²) in [5.41, 5.74) is -0.686. The van der Waals surface area contributed by atoms with Crippen molar-refractivity contribution in [1.82, 2.24) is 0 Å². The van der Waals surface area contributed by atoms with Crippen molar-refractivity contribution in [1.29, 1.82) is 0 Å². The van der Waals surface area contributed by atoms with E-state index in [1.807, 2.05) is 5.32 Å². The summed E-state index contributed by atoms with van der Waals surface area (Å²) in [4.78, 5) is 12.1. The fourth-order valence-corrected chi connectivity index (χ4v) is 5.04. The van der Waals surface area contributed by atoms with Crippen LogP contribution >= 0.6 is 0 Å². The van der Waals surface area contributed by atoms with Gasteiger partial charge in [-0.25, -0.2) is 0 Å². The summed E-state index contributed by atoms with van der Waals surface area (Å²) < 4.78 is 0. The molecule has 0 saturated carbocycles. The molecular weight excluding hydrogens is 394 g/mol. The van der Waals surface area contributed by atoms with Crippen molar-refractivity contribution >= 4 is 5.97 Å². The number of carbonyl (C=O) groups is 1. The fraction of sp³-hybridized carbons (Fsp3) is 0.966. The third-order valence-electron chi connectivity index (χ3n) is 7.20. The van der Waals surface area contributed by atoms with Crippen LogP contribution in [0.15, 0.2) is 0 Å². The summed E-state index contributed by atoms with van der Waals surface area (Å²) in [7, 11) is 0. The summed E-state index contributed by atoms with van der Waals surface area (Å²) in [5.74, 6) is -0.831. The number of carboxylic acid groups (broad SMARTS) is 1. The van der Waals surface area contributed by atoms with Gasteiger partial charge in [0, 0.05) is 12.8 Å². The number of quaternary nitrogens is 1. The van der Waals surface area contributed by atoms with Crippen LogP contribution in [0.3, 0.4) is 0 Å². The lowest BCUT2D eigenvalue weighted by Crippen LogP contribution is -3.00. The highest BCUT2D eigenvalue weighted by Crippen LogP contribution is 2.21. The molecule has 0 aliphatic heterocycles. The molecule has 0 heterocycles. The molecule has 0 bridgehead atoms. The minimum Gasteiger partial charge on any atom is -0.544 e. The van der Waals surface area contributed by atoms with Gasteiger partial charge in [-0.15, -0.1) is 0 Å². The molecule has 0 aliphatic carbocycles. The van der Waals surface area contributed by atoms with Crippen molar-refractivity contribution in [2.24, 2.45) is 0 Å². The van der Waals surface area contributed by atoms with Gasteiger partial charge in [-0.2, -0.15) is 0 Å². The van der Waals surface area contributed by atoms with Crippen molar-refractivity contribution in [2.45, 2.75) is 174 Å². The molecule has 0 radical (unpaired) electrons. The Morgan fingerprint density at radius 1 is 0.531 bits per heavy atom. The van der Waals surface area contributed by atoms with Crippen LogP contribution in [0.25, 0.3) is 0 Å². The number of hydrogen-bond acceptors (Lipinski definition) is 2. The van der Waals surface area contributed by atoms with E-state index in [4.69, 9.17) is 0 Å². The second-order valence-corrected chi connectivity index (χ2v) is 10.3. The molecule has 2 N–H and O–H groups in total. The molecule has 0 fully saturated rings. The third-order valence-corrected chi connectivity index (χ3v) is 7.20. The molecule has 0 aromatic carbocycles. The molecule has 0 saturated heterocycles. The van der Waals surface area contributed by atoms with E-state index in [2.05, 4.69) is 20.8 Å². The Hall–Kier alpha value is -0.570. The van der Waals surface area contributed by atoms with Crippen LogP contribution < -0.4 is 10.4 Å². The summed E-state index contributed by atoms with van der Waals surface area (Å²) in [6, 6.07) is 0. The number of likely N-dealkylation sites (N-methyl/N-ethyl adjacent to an activating group) is 1. The van der Waals surface area contributed by atoms with Crippen LogP contribution in [0.5, 0.6) is 0 Å². The summed E-state index contributed by atoms with van der Waals surface area (Å²) in [6.07, 6.45) is 28.8. The van der Waals surface area contributed by atoms with Crippen molar-refractivity contribution in [2.75, 3.05) is 6.54 Å². The fourth-order valence-electron chi connectivity index (χ4n) is 5.04. The molecule has 0 aromatic heterocycles. The van der Waals surface area contributed by atoms with E-state index in [1.54, 1.807) is 0 Å². The first kappa shape index (κ1) is 31.4. The zero-order valence-electron chi connectivity index (χ0n) is 22.4. The van der Waals surface area contributed by atoms with Gasteiger partial charge >= 0.3 is 0 Å². The van der Waals surface area contributed by atoms with Crippen LogP contribution in [-0.2, 0) is 4.79 Å². The van der Waals surface area contributed by atoms with E-state index in [0.29, 0.717) is 0 Å². The number of rotatable bonds is 26. The Morgan fingerprint density at radius 3 is 1.06 bits per heavy atom. The van der Waals surface area contributed by atoms with E-state index in [9.17, 15) is 9.90 Å². The molecule has 0 aromatic rings. The topological polar surface area (TPSA) is 56.7 Å². The van der Waals surface area contributed by atoms with Gasteiger partial charge < -0.3 is 15.2 Å².